The number of hydrogen-bond donors (Lipinski definition) is 1. The average Bonchev–Trinajstić information content (AvgIpc) is 2.37. The first-order valence-electron chi connectivity index (χ1n) is 5.75. The van der Waals surface area contributed by atoms with E-state index in [1.807, 2.05) is 0 Å². The number of para-hydroxylation sites is 1. The van der Waals surface area contributed by atoms with Crippen molar-refractivity contribution < 1.29 is 36.2 Å². The van der Waals surface area contributed by atoms with E-state index in [0.29, 0.717) is 0 Å². The summed E-state index contributed by atoms with van der Waals surface area (Å²) in [5.41, 5.74) is 4.57. The molecular weight excluding hydrogens is 337 g/mol. The van der Waals surface area contributed by atoms with Gasteiger partial charge < -0.3 is 15.2 Å². The number of halogens is 6. The molecule has 0 heterocycles. The molecule has 0 saturated heterocycles. The number of ether oxygens (including phenoxy) is 2. The standard InChI is InChI=1S/C12H12F5NO3.ClH/c1-2-20-10(19)11(13,14)9(18)7-5-3-4-6-8(7)21-12(15,16)17;/h3-6,9H,2,18H2,1H3;1H/t9-;/m1./s1. The summed E-state index contributed by atoms with van der Waals surface area (Å²) in [4.78, 5) is 11.2. The fourth-order valence-corrected chi connectivity index (χ4v) is 1.50. The molecule has 0 fully saturated rings. The van der Waals surface area contributed by atoms with Crippen LogP contribution < -0.4 is 10.5 Å². The summed E-state index contributed by atoms with van der Waals surface area (Å²) in [7, 11) is 0. The monoisotopic (exact) mass is 349 g/mol. The number of nitrogens with two attached hydrogens (primary N) is 1. The van der Waals surface area contributed by atoms with Gasteiger partial charge in [-0.1, -0.05) is 18.2 Å². The Bertz CT molecular complexity index is 510. The Labute approximate surface area is 128 Å². The van der Waals surface area contributed by atoms with Gasteiger partial charge in [0.2, 0.25) is 0 Å². The summed E-state index contributed by atoms with van der Waals surface area (Å²) in [6, 6.07) is 1.75. The Morgan fingerprint density at radius 2 is 1.77 bits per heavy atom. The highest BCUT2D eigenvalue weighted by Gasteiger charge is 2.49. The van der Waals surface area contributed by atoms with Crippen LogP contribution in [0.1, 0.15) is 18.5 Å². The second kappa shape index (κ2) is 7.59. The van der Waals surface area contributed by atoms with Crippen LogP contribution >= 0.6 is 12.4 Å². The van der Waals surface area contributed by atoms with Gasteiger partial charge in [0, 0.05) is 5.56 Å². The third-order valence-corrected chi connectivity index (χ3v) is 2.42. The second-order valence-electron chi connectivity index (χ2n) is 3.91. The lowest BCUT2D eigenvalue weighted by Gasteiger charge is -2.24. The molecule has 0 radical (unpaired) electrons. The van der Waals surface area contributed by atoms with Crippen molar-refractivity contribution in [2.45, 2.75) is 25.3 Å². The van der Waals surface area contributed by atoms with Crippen LogP contribution in [-0.2, 0) is 9.53 Å². The third-order valence-electron chi connectivity index (χ3n) is 2.42. The molecule has 4 nitrogen and oxygen atoms in total. The molecule has 1 rings (SSSR count). The molecule has 1 aromatic carbocycles. The largest absolute Gasteiger partial charge is 0.573 e. The lowest BCUT2D eigenvalue weighted by atomic mass is 10.0. The quantitative estimate of drug-likeness (QED) is 0.655. The van der Waals surface area contributed by atoms with Gasteiger partial charge >= 0.3 is 18.3 Å². The zero-order valence-electron chi connectivity index (χ0n) is 11.2. The van der Waals surface area contributed by atoms with Crippen molar-refractivity contribution >= 4 is 18.4 Å². The smallest absolute Gasteiger partial charge is 0.462 e. The summed E-state index contributed by atoms with van der Waals surface area (Å²) < 4.78 is 72.0. The predicted molar refractivity (Wildman–Crippen MR) is 68.9 cm³/mol. The molecule has 0 saturated carbocycles. The van der Waals surface area contributed by atoms with Gasteiger partial charge in [-0.2, -0.15) is 8.78 Å². The molecule has 0 amide bonds. The highest BCUT2D eigenvalue weighted by atomic mass is 35.5. The topological polar surface area (TPSA) is 61.5 Å². The number of alkyl halides is 5. The number of esters is 1. The fraction of sp³-hybridized carbons (Fsp3) is 0.417. The van der Waals surface area contributed by atoms with Crippen molar-refractivity contribution in [3.8, 4) is 5.75 Å². The van der Waals surface area contributed by atoms with Gasteiger partial charge in [0.1, 0.15) is 11.8 Å². The number of rotatable bonds is 5. The van der Waals surface area contributed by atoms with Gasteiger partial charge in [-0.15, -0.1) is 25.6 Å². The molecule has 0 aliphatic carbocycles. The summed E-state index contributed by atoms with van der Waals surface area (Å²) in [6.45, 7) is 0.988. The molecule has 22 heavy (non-hydrogen) atoms. The number of benzene rings is 1. The van der Waals surface area contributed by atoms with Crippen molar-refractivity contribution in [3.05, 3.63) is 29.8 Å². The van der Waals surface area contributed by atoms with Crippen molar-refractivity contribution in [2.24, 2.45) is 5.73 Å². The van der Waals surface area contributed by atoms with E-state index >= 15 is 0 Å². The Morgan fingerprint density at radius 3 is 2.27 bits per heavy atom. The van der Waals surface area contributed by atoms with E-state index < -0.39 is 35.6 Å². The Balaban J connectivity index is 0.00000441. The first-order valence-corrected chi connectivity index (χ1v) is 5.75. The molecule has 0 bridgehead atoms. The van der Waals surface area contributed by atoms with Crippen molar-refractivity contribution in [3.63, 3.8) is 0 Å². The van der Waals surface area contributed by atoms with Crippen LogP contribution in [0.5, 0.6) is 5.75 Å². The van der Waals surface area contributed by atoms with Crippen molar-refractivity contribution in [1.82, 2.24) is 0 Å². The number of hydrogen-bond acceptors (Lipinski definition) is 4. The maximum atomic E-state index is 13.8. The molecule has 0 aliphatic rings. The highest BCUT2D eigenvalue weighted by Crippen LogP contribution is 2.37. The first kappa shape index (κ1) is 20.4. The molecule has 0 aliphatic heterocycles. The predicted octanol–water partition coefficient (Wildman–Crippen LogP) is 3.21. The minimum Gasteiger partial charge on any atom is -0.462 e. The molecule has 0 spiro atoms. The van der Waals surface area contributed by atoms with E-state index in [-0.39, 0.29) is 19.0 Å². The van der Waals surface area contributed by atoms with Crippen LogP contribution in [0.25, 0.3) is 0 Å². The minimum absolute atomic E-state index is 0. The molecule has 0 aromatic heterocycles. The number of carbonyl (C=O) groups is 1. The van der Waals surface area contributed by atoms with Crippen LogP contribution in [0.3, 0.4) is 0 Å². The number of carbonyl (C=O) groups excluding carboxylic acids is 1. The Hall–Kier alpha value is -1.61. The summed E-state index contributed by atoms with van der Waals surface area (Å²) in [5, 5.41) is 0. The average molecular weight is 350 g/mol. The summed E-state index contributed by atoms with van der Waals surface area (Å²) in [6.07, 6.45) is -5.07. The maximum absolute atomic E-state index is 13.8. The van der Waals surface area contributed by atoms with Gasteiger partial charge in [0.05, 0.1) is 6.61 Å². The van der Waals surface area contributed by atoms with Gasteiger partial charge in [0.15, 0.2) is 0 Å². The molecule has 2 N–H and O–H groups in total. The zero-order chi connectivity index (χ0) is 16.3. The van der Waals surface area contributed by atoms with E-state index in [1.165, 1.54) is 13.0 Å². The Kier molecular flexibility index (Phi) is 7.04. The summed E-state index contributed by atoms with van der Waals surface area (Å²) in [5.74, 6) is -7.01. The maximum Gasteiger partial charge on any atom is 0.573 e. The summed E-state index contributed by atoms with van der Waals surface area (Å²) >= 11 is 0. The van der Waals surface area contributed by atoms with Crippen LogP contribution in [0, 0.1) is 0 Å². The van der Waals surface area contributed by atoms with E-state index in [4.69, 9.17) is 5.73 Å². The molecular formula is C12H13ClF5NO3. The van der Waals surface area contributed by atoms with Gasteiger partial charge in [-0.3, -0.25) is 0 Å². The minimum atomic E-state index is -5.07. The molecule has 126 valence electrons. The van der Waals surface area contributed by atoms with Crippen LogP contribution in [-0.4, -0.2) is 24.9 Å². The fourth-order valence-electron chi connectivity index (χ4n) is 1.50. The van der Waals surface area contributed by atoms with Crippen LogP contribution in [0.15, 0.2) is 24.3 Å². The van der Waals surface area contributed by atoms with Crippen LogP contribution in [0.2, 0.25) is 0 Å². The molecule has 0 unspecified atom stereocenters. The zero-order valence-corrected chi connectivity index (χ0v) is 12.0. The Morgan fingerprint density at radius 1 is 1.23 bits per heavy atom. The molecule has 10 heteroatoms. The molecule has 1 atom stereocenters. The molecule has 1 aromatic rings. The van der Waals surface area contributed by atoms with E-state index in [2.05, 4.69) is 9.47 Å². The van der Waals surface area contributed by atoms with Gasteiger partial charge in [-0.05, 0) is 13.0 Å². The van der Waals surface area contributed by atoms with Gasteiger partial charge in [-0.25, -0.2) is 4.79 Å². The third kappa shape index (κ3) is 4.99. The van der Waals surface area contributed by atoms with Crippen LogP contribution in [0.4, 0.5) is 22.0 Å². The van der Waals surface area contributed by atoms with E-state index in [0.717, 1.165) is 18.2 Å². The first-order chi connectivity index (χ1) is 9.59. The second-order valence-corrected chi connectivity index (χ2v) is 3.91. The van der Waals surface area contributed by atoms with E-state index in [1.54, 1.807) is 0 Å². The highest BCUT2D eigenvalue weighted by molar-refractivity contribution is 5.85. The lowest BCUT2D eigenvalue weighted by molar-refractivity contribution is -0.275. The van der Waals surface area contributed by atoms with E-state index in [9.17, 15) is 26.7 Å². The lowest BCUT2D eigenvalue weighted by Crippen LogP contribution is -2.42. The normalized spacial score (nSPS) is 13.0. The van der Waals surface area contributed by atoms with Crippen molar-refractivity contribution in [1.29, 1.82) is 0 Å². The van der Waals surface area contributed by atoms with Crippen molar-refractivity contribution in [2.75, 3.05) is 6.61 Å². The van der Waals surface area contributed by atoms with Gasteiger partial charge in [0.25, 0.3) is 0 Å². The SMILES string of the molecule is CCOC(=O)C(F)(F)[C@H](N)c1ccccc1OC(F)(F)F.Cl.